The van der Waals surface area contributed by atoms with Crippen LogP contribution < -0.4 is 9.47 Å². The minimum Gasteiger partial charge on any atom is -0.508 e. The summed E-state index contributed by atoms with van der Waals surface area (Å²) in [6.07, 6.45) is -1.59. The largest absolute Gasteiger partial charge is 0.508 e. The number of methoxy groups -OCH3 is 1. The molecule has 8 nitrogen and oxygen atoms in total. The second kappa shape index (κ2) is 9.56. The topological polar surface area (TPSA) is 137 Å². The molecule has 0 fully saturated rings. The highest BCUT2D eigenvalue weighted by Gasteiger charge is 2.42. The number of benzene rings is 2. The summed E-state index contributed by atoms with van der Waals surface area (Å²) < 4.78 is 11.4. The predicted octanol–water partition coefficient (Wildman–Crippen LogP) is 3.78. The Balaban J connectivity index is 2.10. The Kier molecular flexibility index (Phi) is 7.14. The number of aromatic hydroxyl groups is 3. The van der Waals surface area contributed by atoms with E-state index < -0.39 is 23.6 Å². The number of Topliss-reactive ketones (excluding diaryl/α,β-unsaturated/α-hetero) is 1. The lowest BCUT2D eigenvalue weighted by atomic mass is 9.83. The van der Waals surface area contributed by atoms with Crippen LogP contribution in [0.25, 0.3) is 0 Å². The van der Waals surface area contributed by atoms with Crippen molar-refractivity contribution in [1.82, 2.24) is 0 Å². The summed E-state index contributed by atoms with van der Waals surface area (Å²) in [5, 5.41) is 51.7. The van der Waals surface area contributed by atoms with Crippen molar-refractivity contribution in [2.45, 2.75) is 57.8 Å². The molecule has 184 valence electrons. The molecule has 3 atom stereocenters. The van der Waals surface area contributed by atoms with Crippen molar-refractivity contribution in [2.24, 2.45) is 5.92 Å². The van der Waals surface area contributed by atoms with Crippen LogP contribution in [-0.4, -0.2) is 50.1 Å². The molecular weight excluding hydrogens is 440 g/mol. The van der Waals surface area contributed by atoms with Crippen molar-refractivity contribution in [3.05, 3.63) is 53.1 Å². The molecule has 2 aromatic rings. The molecule has 5 N–H and O–H groups in total. The molecule has 0 saturated heterocycles. The van der Waals surface area contributed by atoms with Crippen LogP contribution in [0.2, 0.25) is 0 Å². The van der Waals surface area contributed by atoms with Gasteiger partial charge in [-0.15, -0.1) is 0 Å². The summed E-state index contributed by atoms with van der Waals surface area (Å²) in [5.74, 6) is -1.39. The third-order valence-corrected chi connectivity index (χ3v) is 6.16. The van der Waals surface area contributed by atoms with Gasteiger partial charge >= 0.3 is 0 Å². The molecule has 0 spiro atoms. The van der Waals surface area contributed by atoms with Crippen LogP contribution in [0.15, 0.2) is 36.4 Å². The standard InChI is InChI=1S/C26H32O8/c1-13(2)14(8-9-26(3,4)32)10-17-19(29)12-20(33-5)21-22(30)23(31)25(34-24(17)21)16-7-6-15(27)11-18(16)28/h6-7,11-12,14,23,25,27-29,31-32H,1,8-10H2,2-5H3/t14?,23-,25+/m0/s1. The summed E-state index contributed by atoms with van der Waals surface area (Å²) in [6.45, 7) is 9.33. The lowest BCUT2D eigenvalue weighted by Crippen LogP contribution is -2.37. The molecule has 1 aliphatic heterocycles. The van der Waals surface area contributed by atoms with Gasteiger partial charge in [0.25, 0.3) is 0 Å². The van der Waals surface area contributed by atoms with Gasteiger partial charge in [0.2, 0.25) is 5.78 Å². The summed E-state index contributed by atoms with van der Waals surface area (Å²) in [5.41, 5.74) is 0.398. The van der Waals surface area contributed by atoms with Crippen molar-refractivity contribution in [3.8, 4) is 28.7 Å². The zero-order valence-corrected chi connectivity index (χ0v) is 19.8. The number of phenolic OH excluding ortho intramolecular Hbond substituents is 3. The van der Waals surface area contributed by atoms with Crippen molar-refractivity contribution in [3.63, 3.8) is 0 Å². The average Bonchev–Trinajstić information content (AvgIpc) is 2.73. The number of ether oxygens (including phenoxy) is 2. The Morgan fingerprint density at radius 2 is 1.88 bits per heavy atom. The van der Waals surface area contributed by atoms with E-state index in [4.69, 9.17) is 9.47 Å². The van der Waals surface area contributed by atoms with E-state index in [-0.39, 0.29) is 52.2 Å². The molecule has 8 heteroatoms. The first-order valence-electron chi connectivity index (χ1n) is 11.1. The number of carbonyl (C=O) groups is 1. The van der Waals surface area contributed by atoms with Gasteiger partial charge in [0.05, 0.1) is 12.7 Å². The van der Waals surface area contributed by atoms with Gasteiger partial charge < -0.3 is 35.0 Å². The molecule has 0 aliphatic carbocycles. The van der Waals surface area contributed by atoms with Crippen molar-refractivity contribution in [2.75, 3.05) is 7.11 Å². The van der Waals surface area contributed by atoms with E-state index in [2.05, 4.69) is 6.58 Å². The monoisotopic (exact) mass is 472 g/mol. The molecule has 0 saturated carbocycles. The number of hydrogen-bond acceptors (Lipinski definition) is 8. The second-order valence-electron chi connectivity index (χ2n) is 9.47. The maximum absolute atomic E-state index is 13.2. The quantitative estimate of drug-likeness (QED) is 0.366. The van der Waals surface area contributed by atoms with E-state index in [9.17, 15) is 30.3 Å². The average molecular weight is 473 g/mol. The number of carbonyl (C=O) groups excluding carboxylic acids is 1. The van der Waals surface area contributed by atoms with Gasteiger partial charge in [0, 0.05) is 23.3 Å². The molecule has 1 aliphatic rings. The number of phenols is 3. The normalized spacial score (nSPS) is 18.7. The highest BCUT2D eigenvalue weighted by Crippen LogP contribution is 2.48. The van der Waals surface area contributed by atoms with Crippen molar-refractivity contribution in [1.29, 1.82) is 0 Å². The highest BCUT2D eigenvalue weighted by atomic mass is 16.5. The Morgan fingerprint density at radius 3 is 2.44 bits per heavy atom. The first-order chi connectivity index (χ1) is 15.8. The van der Waals surface area contributed by atoms with Gasteiger partial charge in [-0.2, -0.15) is 0 Å². The molecule has 2 aromatic carbocycles. The van der Waals surface area contributed by atoms with Crippen LogP contribution in [0.3, 0.4) is 0 Å². The Morgan fingerprint density at radius 1 is 1.21 bits per heavy atom. The van der Waals surface area contributed by atoms with E-state index in [1.807, 2.05) is 6.92 Å². The number of fused-ring (bicyclic) bond motifs is 1. The van der Waals surface area contributed by atoms with E-state index in [1.54, 1.807) is 13.8 Å². The smallest absolute Gasteiger partial charge is 0.202 e. The molecule has 0 radical (unpaired) electrons. The minimum absolute atomic E-state index is 0.000251. The van der Waals surface area contributed by atoms with Gasteiger partial charge in [-0.25, -0.2) is 0 Å². The van der Waals surface area contributed by atoms with Crippen LogP contribution in [-0.2, 0) is 6.42 Å². The predicted molar refractivity (Wildman–Crippen MR) is 126 cm³/mol. The SMILES string of the molecule is C=C(C)C(CCC(C)(C)O)Cc1c(O)cc(OC)c2c1O[C@H](c1ccc(O)cc1O)[C@@H](O)C2=O. The third kappa shape index (κ3) is 5.13. The van der Waals surface area contributed by atoms with Gasteiger partial charge in [-0.1, -0.05) is 12.2 Å². The maximum atomic E-state index is 13.2. The Labute approximate surface area is 198 Å². The highest BCUT2D eigenvalue weighted by molar-refractivity contribution is 6.06. The first kappa shape index (κ1) is 25.4. The van der Waals surface area contributed by atoms with E-state index in [1.165, 1.54) is 25.3 Å². The maximum Gasteiger partial charge on any atom is 0.202 e. The van der Waals surface area contributed by atoms with Crippen LogP contribution in [0.5, 0.6) is 28.7 Å². The molecule has 34 heavy (non-hydrogen) atoms. The van der Waals surface area contributed by atoms with E-state index in [0.29, 0.717) is 18.4 Å². The fraction of sp³-hybridized carbons (Fsp3) is 0.423. The lowest BCUT2D eigenvalue weighted by molar-refractivity contribution is 0.0197. The van der Waals surface area contributed by atoms with Crippen LogP contribution in [0, 0.1) is 5.92 Å². The molecule has 1 unspecified atom stereocenters. The number of ketones is 1. The Hall–Kier alpha value is -3.23. The molecule has 0 aromatic heterocycles. The molecule has 0 amide bonds. The number of hydrogen-bond donors (Lipinski definition) is 5. The summed E-state index contributed by atoms with van der Waals surface area (Å²) in [4.78, 5) is 13.2. The van der Waals surface area contributed by atoms with Crippen LogP contribution >= 0.6 is 0 Å². The second-order valence-corrected chi connectivity index (χ2v) is 9.47. The van der Waals surface area contributed by atoms with Crippen molar-refractivity contribution < 1.29 is 39.8 Å². The molecule has 1 heterocycles. The molecular formula is C26H32O8. The number of aliphatic hydroxyl groups is 2. The van der Waals surface area contributed by atoms with Crippen molar-refractivity contribution >= 4 is 5.78 Å². The fourth-order valence-corrected chi connectivity index (χ4v) is 4.16. The molecule has 3 rings (SSSR count). The van der Waals surface area contributed by atoms with Crippen LogP contribution in [0.1, 0.15) is 61.2 Å². The summed E-state index contributed by atoms with van der Waals surface area (Å²) in [6, 6.07) is 5.06. The number of allylic oxidation sites excluding steroid dienone is 1. The van der Waals surface area contributed by atoms with E-state index in [0.717, 1.165) is 11.6 Å². The van der Waals surface area contributed by atoms with Gasteiger partial charge in [-0.3, -0.25) is 4.79 Å². The third-order valence-electron chi connectivity index (χ3n) is 6.16. The van der Waals surface area contributed by atoms with Gasteiger partial charge in [0.1, 0.15) is 34.3 Å². The van der Waals surface area contributed by atoms with Gasteiger partial charge in [-0.05, 0) is 58.1 Å². The fourth-order valence-electron chi connectivity index (χ4n) is 4.16. The summed E-state index contributed by atoms with van der Waals surface area (Å²) >= 11 is 0. The number of rotatable bonds is 8. The number of aliphatic hydroxyl groups excluding tert-OH is 1. The van der Waals surface area contributed by atoms with Crippen LogP contribution in [0.4, 0.5) is 0 Å². The lowest BCUT2D eigenvalue weighted by Gasteiger charge is -2.33. The Bertz CT molecular complexity index is 1100. The first-order valence-corrected chi connectivity index (χ1v) is 11.1. The minimum atomic E-state index is -1.65. The van der Waals surface area contributed by atoms with E-state index >= 15 is 0 Å². The summed E-state index contributed by atoms with van der Waals surface area (Å²) in [7, 11) is 1.34. The van der Waals surface area contributed by atoms with Gasteiger partial charge in [0.15, 0.2) is 12.2 Å². The zero-order chi connectivity index (χ0) is 25.4. The zero-order valence-electron chi connectivity index (χ0n) is 19.8. The molecule has 0 bridgehead atoms.